The first kappa shape index (κ1) is 24.0. The molecule has 2 aliphatic heterocycles. The fraction of sp³-hybridized carbons (Fsp3) is 0.370. The van der Waals surface area contributed by atoms with E-state index in [4.69, 9.17) is 21.3 Å². The fourth-order valence-corrected chi connectivity index (χ4v) is 5.39. The number of piperidine rings is 1. The van der Waals surface area contributed by atoms with Gasteiger partial charge in [0.2, 0.25) is 5.95 Å². The van der Waals surface area contributed by atoms with Crippen LogP contribution in [0, 0.1) is 6.92 Å². The molecule has 6 rings (SSSR count). The van der Waals surface area contributed by atoms with Crippen LogP contribution in [0.1, 0.15) is 31.0 Å². The molecule has 2 saturated heterocycles. The van der Waals surface area contributed by atoms with E-state index in [-0.39, 0.29) is 17.6 Å². The molecule has 2 fully saturated rings. The predicted molar refractivity (Wildman–Crippen MR) is 144 cm³/mol. The summed E-state index contributed by atoms with van der Waals surface area (Å²) >= 11 is 6.78. The van der Waals surface area contributed by atoms with Gasteiger partial charge < -0.3 is 15.4 Å². The zero-order valence-corrected chi connectivity index (χ0v) is 21.3. The molecule has 37 heavy (non-hydrogen) atoms. The number of ether oxygens (including phenoxy) is 1. The first-order valence-corrected chi connectivity index (χ1v) is 13.0. The van der Waals surface area contributed by atoms with Gasteiger partial charge in [0.15, 0.2) is 0 Å². The summed E-state index contributed by atoms with van der Waals surface area (Å²) in [5.74, 6) is 0.513. The van der Waals surface area contributed by atoms with Crippen molar-refractivity contribution >= 4 is 28.6 Å². The number of aromatic nitrogens is 5. The summed E-state index contributed by atoms with van der Waals surface area (Å²) in [6.07, 6.45) is 7.80. The van der Waals surface area contributed by atoms with Gasteiger partial charge in [-0.25, -0.2) is 9.97 Å². The van der Waals surface area contributed by atoms with Crippen LogP contribution in [0.15, 0.2) is 47.7 Å². The van der Waals surface area contributed by atoms with Crippen molar-refractivity contribution in [2.24, 2.45) is 0 Å². The molecule has 0 saturated carbocycles. The molecule has 9 nitrogen and oxygen atoms in total. The van der Waals surface area contributed by atoms with Gasteiger partial charge >= 0.3 is 0 Å². The lowest BCUT2D eigenvalue weighted by molar-refractivity contribution is 0.195. The number of rotatable bonds is 5. The third-order valence-electron chi connectivity index (χ3n) is 7.02. The Balaban J connectivity index is 1.46. The Bertz CT molecular complexity index is 1510. The van der Waals surface area contributed by atoms with Gasteiger partial charge in [-0.05, 0) is 51.4 Å². The summed E-state index contributed by atoms with van der Waals surface area (Å²) in [7, 11) is 0. The molecule has 2 aliphatic rings. The van der Waals surface area contributed by atoms with Crippen molar-refractivity contribution in [3.05, 3.63) is 63.9 Å². The maximum absolute atomic E-state index is 14.1. The summed E-state index contributed by atoms with van der Waals surface area (Å²) in [5.41, 5.74) is 4.15. The van der Waals surface area contributed by atoms with Gasteiger partial charge in [-0.3, -0.25) is 14.3 Å². The van der Waals surface area contributed by atoms with Gasteiger partial charge in [0.25, 0.3) is 5.56 Å². The Morgan fingerprint density at radius 2 is 1.95 bits per heavy atom. The zero-order chi connectivity index (χ0) is 25.4. The summed E-state index contributed by atoms with van der Waals surface area (Å²) in [5, 5.41) is 8.02. The van der Waals surface area contributed by atoms with Crippen LogP contribution in [0.25, 0.3) is 33.4 Å². The van der Waals surface area contributed by atoms with Crippen molar-refractivity contribution in [1.29, 1.82) is 0 Å². The minimum atomic E-state index is -0.0988. The Hall–Kier alpha value is -3.40. The number of pyridine rings is 1. The molecule has 0 bridgehead atoms. The third kappa shape index (κ3) is 4.82. The molecule has 0 spiro atoms. The van der Waals surface area contributed by atoms with E-state index in [2.05, 4.69) is 25.6 Å². The van der Waals surface area contributed by atoms with Crippen molar-refractivity contribution in [2.75, 3.05) is 31.6 Å². The highest BCUT2D eigenvalue weighted by molar-refractivity contribution is 6.33. The molecule has 0 amide bonds. The second-order valence-corrected chi connectivity index (χ2v) is 10.0. The average molecular weight is 518 g/mol. The number of fused-ring (bicyclic) bond motifs is 1. The number of hydrogen-bond donors (Lipinski definition) is 2. The summed E-state index contributed by atoms with van der Waals surface area (Å²) in [6, 6.07) is 7.71. The Morgan fingerprint density at radius 1 is 1.08 bits per heavy atom. The molecular weight excluding hydrogens is 490 g/mol. The number of anilines is 1. The minimum absolute atomic E-state index is 0.0365. The molecule has 3 aromatic heterocycles. The number of nitrogens with one attached hydrogen (secondary N) is 2. The second kappa shape index (κ2) is 10.2. The number of halogens is 1. The standard InChI is InChI=1S/C27H28ClN7O2/c1-16-12-30-14-24(32-16)17-2-3-21(23(28)11-17)22-10-18-13-31-27(33-19-6-9-37-15-19)34-25(18)35(26(22)36)20-4-7-29-8-5-20/h2-3,10-14,19-20,29H,4-9,15H2,1H3,(H,31,33,34). The van der Waals surface area contributed by atoms with Crippen LogP contribution in [0.4, 0.5) is 5.95 Å². The van der Waals surface area contributed by atoms with Gasteiger partial charge in [-0.15, -0.1) is 0 Å². The van der Waals surface area contributed by atoms with Gasteiger partial charge in [-0.2, -0.15) is 4.98 Å². The zero-order valence-electron chi connectivity index (χ0n) is 20.6. The highest BCUT2D eigenvalue weighted by atomic mass is 35.5. The number of benzene rings is 1. The van der Waals surface area contributed by atoms with Crippen molar-refractivity contribution in [1.82, 2.24) is 29.8 Å². The Morgan fingerprint density at radius 3 is 2.70 bits per heavy atom. The van der Waals surface area contributed by atoms with Gasteiger partial charge in [0.05, 0.1) is 30.2 Å². The van der Waals surface area contributed by atoms with E-state index in [1.54, 1.807) is 18.6 Å². The predicted octanol–water partition coefficient (Wildman–Crippen LogP) is 4.00. The van der Waals surface area contributed by atoms with E-state index < -0.39 is 0 Å². The SMILES string of the molecule is Cc1cncc(-c2ccc(-c3cc4cnc(NC5CCOC5)nc4n(C4CCNCC4)c3=O)c(Cl)c2)n1. The molecule has 4 aromatic rings. The lowest BCUT2D eigenvalue weighted by Gasteiger charge is -2.26. The summed E-state index contributed by atoms with van der Waals surface area (Å²) < 4.78 is 7.32. The molecule has 1 atom stereocenters. The van der Waals surface area contributed by atoms with Crippen molar-refractivity contribution in [3.63, 3.8) is 0 Å². The van der Waals surface area contributed by atoms with Crippen LogP contribution in [-0.4, -0.2) is 56.8 Å². The van der Waals surface area contributed by atoms with Crippen LogP contribution < -0.4 is 16.2 Å². The van der Waals surface area contributed by atoms with Crippen molar-refractivity contribution < 1.29 is 4.74 Å². The third-order valence-corrected chi connectivity index (χ3v) is 7.33. The normalized spacial score (nSPS) is 18.4. The number of nitrogens with zero attached hydrogens (tertiary/aromatic N) is 5. The molecule has 0 radical (unpaired) electrons. The Kier molecular flexibility index (Phi) is 6.58. The topological polar surface area (TPSA) is 107 Å². The fourth-order valence-electron chi connectivity index (χ4n) is 5.11. The Labute approximate surface area is 219 Å². The average Bonchev–Trinajstić information content (AvgIpc) is 3.42. The smallest absolute Gasteiger partial charge is 0.260 e. The quantitative estimate of drug-likeness (QED) is 0.409. The molecule has 0 aliphatic carbocycles. The second-order valence-electron chi connectivity index (χ2n) is 9.63. The maximum atomic E-state index is 14.1. The van der Waals surface area contributed by atoms with Gasteiger partial charge in [0, 0.05) is 52.1 Å². The van der Waals surface area contributed by atoms with E-state index in [0.29, 0.717) is 34.4 Å². The highest BCUT2D eigenvalue weighted by Gasteiger charge is 2.24. The van der Waals surface area contributed by atoms with Crippen LogP contribution in [0.2, 0.25) is 5.02 Å². The van der Waals surface area contributed by atoms with E-state index in [0.717, 1.165) is 61.3 Å². The highest BCUT2D eigenvalue weighted by Crippen LogP contribution is 2.33. The van der Waals surface area contributed by atoms with Crippen LogP contribution >= 0.6 is 11.6 Å². The summed E-state index contributed by atoms with van der Waals surface area (Å²) in [4.78, 5) is 32.2. The first-order valence-electron chi connectivity index (χ1n) is 12.6. The van der Waals surface area contributed by atoms with Crippen LogP contribution in [0.5, 0.6) is 0 Å². The molecule has 2 N–H and O–H groups in total. The first-order chi connectivity index (χ1) is 18.1. The van der Waals surface area contributed by atoms with E-state index >= 15 is 0 Å². The van der Waals surface area contributed by atoms with Gasteiger partial charge in [0.1, 0.15) is 5.65 Å². The minimum Gasteiger partial charge on any atom is -0.379 e. The van der Waals surface area contributed by atoms with Crippen LogP contribution in [-0.2, 0) is 4.74 Å². The largest absolute Gasteiger partial charge is 0.379 e. The van der Waals surface area contributed by atoms with E-state index in [1.165, 1.54) is 0 Å². The molecule has 190 valence electrons. The summed E-state index contributed by atoms with van der Waals surface area (Å²) in [6.45, 7) is 4.96. The monoisotopic (exact) mass is 517 g/mol. The lowest BCUT2D eigenvalue weighted by atomic mass is 10.0. The molecular formula is C27H28ClN7O2. The van der Waals surface area contributed by atoms with Crippen LogP contribution in [0.3, 0.4) is 0 Å². The molecule has 1 unspecified atom stereocenters. The number of aryl methyl sites for hydroxylation is 1. The van der Waals surface area contributed by atoms with Crippen molar-refractivity contribution in [3.8, 4) is 22.4 Å². The molecule has 10 heteroatoms. The lowest BCUT2D eigenvalue weighted by Crippen LogP contribution is -2.35. The van der Waals surface area contributed by atoms with Crippen molar-refractivity contribution in [2.45, 2.75) is 38.3 Å². The van der Waals surface area contributed by atoms with Gasteiger partial charge in [-0.1, -0.05) is 23.7 Å². The molecule has 1 aromatic carbocycles. The maximum Gasteiger partial charge on any atom is 0.260 e. The van der Waals surface area contributed by atoms with E-state index in [1.807, 2.05) is 35.8 Å². The number of hydrogen-bond acceptors (Lipinski definition) is 8. The van der Waals surface area contributed by atoms with E-state index in [9.17, 15) is 4.79 Å². The molecule has 5 heterocycles.